The fraction of sp³-hybridized carbons (Fsp3) is 0.222. The molecular formula is C18H19N5O2. The molecule has 2 aromatic carbocycles. The van der Waals surface area contributed by atoms with Gasteiger partial charge in [0.25, 0.3) is 5.69 Å². The van der Waals surface area contributed by atoms with Gasteiger partial charge in [-0.15, -0.1) is 0 Å². The number of anilines is 1. The first-order valence-electron chi connectivity index (χ1n) is 7.95. The molecule has 0 amide bonds. The zero-order valence-corrected chi connectivity index (χ0v) is 14.1. The number of hydrogen-bond donors (Lipinski definition) is 1. The van der Waals surface area contributed by atoms with Crippen LogP contribution in [-0.2, 0) is 0 Å². The summed E-state index contributed by atoms with van der Waals surface area (Å²) in [4.78, 5) is 21.7. The van der Waals surface area contributed by atoms with Crippen LogP contribution < -0.4 is 5.32 Å². The molecule has 0 bridgehead atoms. The summed E-state index contributed by atoms with van der Waals surface area (Å²) in [7, 11) is 4.03. The van der Waals surface area contributed by atoms with Crippen LogP contribution in [0.2, 0.25) is 0 Å². The molecule has 0 aliphatic carbocycles. The molecule has 0 saturated carbocycles. The van der Waals surface area contributed by atoms with Crippen LogP contribution in [0.1, 0.15) is 0 Å². The number of fused-ring (bicyclic) bond motifs is 1. The average molecular weight is 337 g/mol. The number of likely N-dealkylation sites (N-methyl/N-ethyl adjacent to an activating group) is 1. The SMILES string of the molecule is CN(C)CCNc1nc(-c2ccc([N+](=O)[O-])cc2)nc2ccccc12. The first kappa shape index (κ1) is 16.8. The number of para-hydroxylation sites is 1. The largest absolute Gasteiger partial charge is 0.368 e. The van der Waals surface area contributed by atoms with Gasteiger partial charge in [0.2, 0.25) is 0 Å². The van der Waals surface area contributed by atoms with E-state index in [9.17, 15) is 10.1 Å². The van der Waals surface area contributed by atoms with Gasteiger partial charge < -0.3 is 10.2 Å². The van der Waals surface area contributed by atoms with E-state index in [-0.39, 0.29) is 5.69 Å². The van der Waals surface area contributed by atoms with E-state index in [1.54, 1.807) is 12.1 Å². The van der Waals surface area contributed by atoms with Crippen LogP contribution in [0.3, 0.4) is 0 Å². The Labute approximate surface area is 145 Å². The lowest BCUT2D eigenvalue weighted by Gasteiger charge is -2.13. The summed E-state index contributed by atoms with van der Waals surface area (Å²) in [5, 5.41) is 15.1. The van der Waals surface area contributed by atoms with Crippen molar-refractivity contribution < 1.29 is 4.92 Å². The first-order chi connectivity index (χ1) is 12.0. The number of nitrogens with one attached hydrogen (secondary N) is 1. The van der Waals surface area contributed by atoms with Gasteiger partial charge in [-0.3, -0.25) is 10.1 Å². The Morgan fingerprint density at radius 1 is 1.08 bits per heavy atom. The summed E-state index contributed by atoms with van der Waals surface area (Å²) in [6.07, 6.45) is 0. The maximum Gasteiger partial charge on any atom is 0.269 e. The summed E-state index contributed by atoms with van der Waals surface area (Å²) in [5.74, 6) is 1.31. The van der Waals surface area contributed by atoms with Gasteiger partial charge in [0, 0.05) is 36.2 Å². The van der Waals surface area contributed by atoms with Gasteiger partial charge in [0.05, 0.1) is 10.4 Å². The highest BCUT2D eigenvalue weighted by molar-refractivity contribution is 5.90. The van der Waals surface area contributed by atoms with Crippen LogP contribution in [0.5, 0.6) is 0 Å². The Hall–Kier alpha value is -3.06. The van der Waals surface area contributed by atoms with Crippen molar-refractivity contribution in [1.82, 2.24) is 14.9 Å². The molecule has 0 unspecified atom stereocenters. The molecule has 0 aliphatic rings. The summed E-state index contributed by atoms with van der Waals surface area (Å²) >= 11 is 0. The van der Waals surface area contributed by atoms with Crippen molar-refractivity contribution in [3.8, 4) is 11.4 Å². The third kappa shape index (κ3) is 3.89. The third-order valence-corrected chi connectivity index (χ3v) is 3.79. The number of nitro benzene ring substituents is 1. The van der Waals surface area contributed by atoms with Crippen molar-refractivity contribution in [2.24, 2.45) is 0 Å². The number of rotatable bonds is 6. The van der Waals surface area contributed by atoms with E-state index in [1.165, 1.54) is 12.1 Å². The second kappa shape index (κ2) is 7.23. The van der Waals surface area contributed by atoms with Gasteiger partial charge in [0.15, 0.2) is 5.82 Å². The van der Waals surface area contributed by atoms with Gasteiger partial charge in [-0.05, 0) is 38.4 Å². The van der Waals surface area contributed by atoms with Crippen LogP contribution in [0.25, 0.3) is 22.3 Å². The molecule has 3 rings (SSSR count). The molecular weight excluding hydrogens is 318 g/mol. The second-order valence-corrected chi connectivity index (χ2v) is 5.95. The number of benzene rings is 2. The van der Waals surface area contributed by atoms with Gasteiger partial charge in [-0.2, -0.15) is 0 Å². The monoisotopic (exact) mass is 337 g/mol. The molecule has 25 heavy (non-hydrogen) atoms. The van der Waals surface area contributed by atoms with Gasteiger partial charge in [-0.1, -0.05) is 12.1 Å². The highest BCUT2D eigenvalue weighted by atomic mass is 16.6. The Morgan fingerprint density at radius 3 is 2.48 bits per heavy atom. The minimum absolute atomic E-state index is 0.0499. The lowest BCUT2D eigenvalue weighted by molar-refractivity contribution is -0.384. The van der Waals surface area contributed by atoms with E-state index in [0.717, 1.165) is 35.4 Å². The first-order valence-corrected chi connectivity index (χ1v) is 7.95. The van der Waals surface area contributed by atoms with Crippen molar-refractivity contribution in [2.75, 3.05) is 32.5 Å². The van der Waals surface area contributed by atoms with Crippen LogP contribution in [0, 0.1) is 10.1 Å². The maximum absolute atomic E-state index is 10.8. The highest BCUT2D eigenvalue weighted by Gasteiger charge is 2.11. The highest BCUT2D eigenvalue weighted by Crippen LogP contribution is 2.26. The van der Waals surface area contributed by atoms with Gasteiger partial charge in [-0.25, -0.2) is 9.97 Å². The van der Waals surface area contributed by atoms with Crippen molar-refractivity contribution in [3.05, 3.63) is 58.6 Å². The number of aromatic nitrogens is 2. The van der Waals surface area contributed by atoms with Crippen LogP contribution in [0.15, 0.2) is 48.5 Å². The second-order valence-electron chi connectivity index (χ2n) is 5.95. The smallest absolute Gasteiger partial charge is 0.269 e. The quantitative estimate of drug-likeness (QED) is 0.549. The van der Waals surface area contributed by atoms with E-state index in [0.29, 0.717) is 5.82 Å². The molecule has 0 radical (unpaired) electrons. The Balaban J connectivity index is 1.99. The van der Waals surface area contributed by atoms with Gasteiger partial charge >= 0.3 is 0 Å². The van der Waals surface area contributed by atoms with Crippen LogP contribution in [0.4, 0.5) is 11.5 Å². The van der Waals surface area contributed by atoms with E-state index < -0.39 is 4.92 Å². The molecule has 0 aliphatic heterocycles. The summed E-state index contributed by atoms with van der Waals surface area (Å²) < 4.78 is 0. The molecule has 0 saturated heterocycles. The predicted molar refractivity (Wildman–Crippen MR) is 98.7 cm³/mol. The average Bonchev–Trinajstić information content (AvgIpc) is 2.61. The molecule has 1 aromatic heterocycles. The Kier molecular flexibility index (Phi) is 4.85. The van der Waals surface area contributed by atoms with E-state index in [4.69, 9.17) is 0 Å². The number of nitrogens with zero attached hydrogens (tertiary/aromatic N) is 4. The Bertz CT molecular complexity index is 894. The predicted octanol–water partition coefficient (Wildman–Crippen LogP) is 3.18. The van der Waals surface area contributed by atoms with Crippen LogP contribution >= 0.6 is 0 Å². The van der Waals surface area contributed by atoms with Crippen molar-refractivity contribution in [1.29, 1.82) is 0 Å². The van der Waals surface area contributed by atoms with Gasteiger partial charge in [0.1, 0.15) is 5.82 Å². The Morgan fingerprint density at radius 2 is 1.80 bits per heavy atom. The van der Waals surface area contributed by atoms with E-state index in [2.05, 4.69) is 20.2 Å². The topological polar surface area (TPSA) is 84.2 Å². The van der Waals surface area contributed by atoms with Crippen molar-refractivity contribution in [3.63, 3.8) is 0 Å². The molecule has 7 nitrogen and oxygen atoms in total. The molecule has 128 valence electrons. The van der Waals surface area contributed by atoms with E-state index in [1.807, 2.05) is 38.4 Å². The summed E-state index contributed by atoms with van der Waals surface area (Å²) in [5.41, 5.74) is 1.62. The minimum Gasteiger partial charge on any atom is -0.368 e. The summed E-state index contributed by atoms with van der Waals surface area (Å²) in [6.45, 7) is 1.64. The molecule has 7 heteroatoms. The van der Waals surface area contributed by atoms with E-state index >= 15 is 0 Å². The molecule has 1 heterocycles. The molecule has 0 spiro atoms. The fourth-order valence-electron chi connectivity index (χ4n) is 2.47. The van der Waals surface area contributed by atoms with Crippen molar-refractivity contribution in [2.45, 2.75) is 0 Å². The maximum atomic E-state index is 10.8. The minimum atomic E-state index is -0.417. The lowest BCUT2D eigenvalue weighted by atomic mass is 10.1. The van der Waals surface area contributed by atoms with Crippen molar-refractivity contribution >= 4 is 22.4 Å². The molecule has 1 N–H and O–H groups in total. The zero-order chi connectivity index (χ0) is 17.8. The molecule has 0 atom stereocenters. The van der Waals surface area contributed by atoms with Crippen LogP contribution in [-0.4, -0.2) is 47.0 Å². The number of hydrogen-bond acceptors (Lipinski definition) is 6. The zero-order valence-electron chi connectivity index (χ0n) is 14.1. The summed E-state index contributed by atoms with van der Waals surface area (Å²) in [6, 6.07) is 14.1. The molecule has 3 aromatic rings. The third-order valence-electron chi connectivity index (χ3n) is 3.79. The lowest BCUT2D eigenvalue weighted by Crippen LogP contribution is -2.21. The number of non-ortho nitro benzene ring substituents is 1. The fourth-order valence-corrected chi connectivity index (χ4v) is 2.47. The number of nitro groups is 1. The standard InChI is InChI=1S/C18H19N5O2/c1-22(2)12-11-19-18-15-5-3-4-6-16(15)20-17(21-18)13-7-9-14(10-8-13)23(24)25/h3-10H,11-12H2,1-2H3,(H,19,20,21). The normalized spacial score (nSPS) is 11.0. The molecule has 0 fully saturated rings.